The lowest BCUT2D eigenvalue weighted by Gasteiger charge is -1.96. The van der Waals surface area contributed by atoms with Crippen molar-refractivity contribution in [3.05, 3.63) is 40.7 Å². The van der Waals surface area contributed by atoms with Gasteiger partial charge in [0.05, 0.1) is 0 Å². The highest BCUT2D eigenvalue weighted by atomic mass is 35.5. The van der Waals surface area contributed by atoms with Crippen LogP contribution in [0.25, 0.3) is 0 Å². The van der Waals surface area contributed by atoms with Crippen molar-refractivity contribution in [3.63, 3.8) is 0 Å². The van der Waals surface area contributed by atoms with Crippen molar-refractivity contribution in [2.24, 2.45) is 0 Å². The Morgan fingerprint density at radius 1 is 1.11 bits per heavy atom. The van der Waals surface area contributed by atoms with E-state index >= 15 is 0 Å². The lowest BCUT2D eigenvalue weighted by molar-refractivity contribution is 1.61. The highest BCUT2D eigenvalue weighted by Crippen LogP contribution is 2.21. The molecule has 0 aromatic heterocycles. The first-order valence-corrected chi connectivity index (χ1v) is 3.17. The molecule has 0 N–H and O–H groups in total. The van der Waals surface area contributed by atoms with Crippen LogP contribution in [0.2, 0.25) is 10.0 Å². The number of hydrogen-bond acceptors (Lipinski definition) is 0. The molecular formula is C7H4Cl2. The smallest absolute Gasteiger partial charge is 0.0456 e. The van der Waals surface area contributed by atoms with Gasteiger partial charge in [0.15, 0.2) is 0 Å². The molecule has 0 amide bonds. The molecule has 0 fully saturated rings. The third-order valence-corrected chi connectivity index (χ3v) is 1.66. The van der Waals surface area contributed by atoms with Gasteiger partial charge in [0.2, 0.25) is 0 Å². The quantitative estimate of drug-likeness (QED) is 0.545. The van der Waals surface area contributed by atoms with E-state index in [0.29, 0.717) is 15.6 Å². The Bertz CT molecular complexity index is 198. The van der Waals surface area contributed by atoms with Gasteiger partial charge in [-0.3, -0.25) is 0 Å². The highest BCUT2D eigenvalue weighted by Gasteiger charge is 1.96. The number of hydrogen-bond donors (Lipinski definition) is 0. The molecule has 0 spiro atoms. The zero-order valence-corrected chi connectivity index (χ0v) is 6.08. The summed E-state index contributed by atoms with van der Waals surface area (Å²) in [5.41, 5.74) is 0.445. The van der Waals surface area contributed by atoms with Crippen molar-refractivity contribution < 1.29 is 0 Å². The van der Waals surface area contributed by atoms with Gasteiger partial charge < -0.3 is 0 Å². The van der Waals surface area contributed by atoms with E-state index in [1.165, 1.54) is 0 Å². The third kappa shape index (κ3) is 1.38. The molecule has 0 unspecified atom stereocenters. The van der Waals surface area contributed by atoms with Crippen LogP contribution in [0, 0.1) is 6.92 Å². The van der Waals surface area contributed by atoms with Crippen LogP contribution in [0.5, 0.6) is 0 Å². The average Bonchev–Trinajstić information content (AvgIpc) is 1.83. The summed E-state index contributed by atoms with van der Waals surface area (Å²) in [6.45, 7) is 5.42. The minimum absolute atomic E-state index is 0.445. The first kappa shape index (κ1) is 6.91. The van der Waals surface area contributed by atoms with Gasteiger partial charge in [-0.05, 0) is 17.7 Å². The summed E-state index contributed by atoms with van der Waals surface area (Å²) in [7, 11) is 0. The summed E-state index contributed by atoms with van der Waals surface area (Å²) in [5.74, 6) is 0. The van der Waals surface area contributed by atoms with Gasteiger partial charge in [-0.1, -0.05) is 29.3 Å². The molecule has 2 radical (unpaired) electrons. The minimum atomic E-state index is 0.445. The van der Waals surface area contributed by atoms with Gasteiger partial charge in [0.1, 0.15) is 0 Å². The SMILES string of the molecule is [CH]c1c(Cl)cccc1Cl. The van der Waals surface area contributed by atoms with E-state index in [2.05, 4.69) is 0 Å². The second-order valence-corrected chi connectivity index (χ2v) is 2.45. The normalized spacial score (nSPS) is 9.67. The number of rotatable bonds is 0. The zero-order valence-electron chi connectivity index (χ0n) is 4.57. The molecule has 0 saturated carbocycles. The van der Waals surface area contributed by atoms with Crippen LogP contribution in [0.4, 0.5) is 0 Å². The van der Waals surface area contributed by atoms with Crippen LogP contribution >= 0.6 is 23.2 Å². The molecule has 2 heteroatoms. The maximum Gasteiger partial charge on any atom is 0.0456 e. The predicted octanol–water partition coefficient (Wildman–Crippen LogP) is 3.05. The number of benzene rings is 1. The average molecular weight is 159 g/mol. The van der Waals surface area contributed by atoms with E-state index in [4.69, 9.17) is 30.1 Å². The molecule has 1 rings (SSSR count). The fraction of sp³-hybridized carbons (Fsp3) is 0. The minimum Gasteiger partial charge on any atom is -0.0840 e. The molecule has 0 atom stereocenters. The molecule has 1 aromatic carbocycles. The Hall–Kier alpha value is -0.200. The van der Waals surface area contributed by atoms with E-state index in [9.17, 15) is 0 Å². The lowest BCUT2D eigenvalue weighted by atomic mass is 10.2. The van der Waals surface area contributed by atoms with Gasteiger partial charge >= 0.3 is 0 Å². The highest BCUT2D eigenvalue weighted by molar-refractivity contribution is 6.36. The van der Waals surface area contributed by atoms with Crippen LogP contribution in [0.3, 0.4) is 0 Å². The largest absolute Gasteiger partial charge is 0.0840 e. The van der Waals surface area contributed by atoms with E-state index in [1.807, 2.05) is 0 Å². The Kier molecular flexibility index (Phi) is 1.99. The Morgan fingerprint density at radius 3 is 1.89 bits per heavy atom. The topological polar surface area (TPSA) is 0 Å². The van der Waals surface area contributed by atoms with E-state index < -0.39 is 0 Å². The maximum absolute atomic E-state index is 5.60. The molecule has 0 bridgehead atoms. The second-order valence-electron chi connectivity index (χ2n) is 1.64. The summed E-state index contributed by atoms with van der Waals surface area (Å²) in [6.07, 6.45) is 0. The molecule has 1 aromatic rings. The first-order valence-electron chi connectivity index (χ1n) is 2.41. The van der Waals surface area contributed by atoms with Gasteiger partial charge in [0.25, 0.3) is 0 Å². The number of halogens is 2. The zero-order chi connectivity index (χ0) is 6.85. The summed E-state index contributed by atoms with van der Waals surface area (Å²) in [4.78, 5) is 0. The molecule has 9 heavy (non-hydrogen) atoms. The third-order valence-electron chi connectivity index (χ3n) is 1.000. The molecule has 0 aliphatic heterocycles. The van der Waals surface area contributed by atoms with Gasteiger partial charge in [-0.15, -0.1) is 0 Å². The lowest BCUT2D eigenvalue weighted by Crippen LogP contribution is -1.73. The fourth-order valence-corrected chi connectivity index (χ4v) is 0.908. The summed E-state index contributed by atoms with van der Waals surface area (Å²) >= 11 is 11.2. The molecule has 0 heterocycles. The van der Waals surface area contributed by atoms with Crippen molar-refractivity contribution >= 4 is 23.2 Å². The van der Waals surface area contributed by atoms with Crippen LogP contribution in [0.1, 0.15) is 5.56 Å². The second kappa shape index (κ2) is 2.59. The predicted molar refractivity (Wildman–Crippen MR) is 39.9 cm³/mol. The van der Waals surface area contributed by atoms with E-state index in [0.717, 1.165) is 0 Å². The van der Waals surface area contributed by atoms with Crippen LogP contribution < -0.4 is 0 Å². The molecule has 46 valence electrons. The van der Waals surface area contributed by atoms with Crippen molar-refractivity contribution in [1.29, 1.82) is 0 Å². The Morgan fingerprint density at radius 2 is 1.56 bits per heavy atom. The van der Waals surface area contributed by atoms with Crippen molar-refractivity contribution in [3.8, 4) is 0 Å². The van der Waals surface area contributed by atoms with Crippen LogP contribution in [-0.2, 0) is 0 Å². The van der Waals surface area contributed by atoms with E-state index in [-0.39, 0.29) is 0 Å². The standard InChI is InChI=1S/C7H4Cl2/c1-5-6(8)3-2-4-7(5)9/h1-4H. The maximum atomic E-state index is 5.60. The fourth-order valence-electron chi connectivity index (χ4n) is 0.511. The Balaban J connectivity index is 3.25. The first-order chi connectivity index (χ1) is 4.22. The van der Waals surface area contributed by atoms with Crippen molar-refractivity contribution in [2.75, 3.05) is 0 Å². The molecule has 0 nitrogen and oxygen atoms in total. The molecule has 0 aliphatic rings. The summed E-state index contributed by atoms with van der Waals surface area (Å²) in [6, 6.07) is 5.15. The van der Waals surface area contributed by atoms with Gasteiger partial charge in [0, 0.05) is 17.0 Å². The monoisotopic (exact) mass is 158 g/mol. The summed E-state index contributed by atoms with van der Waals surface area (Å²) in [5, 5.41) is 1.00. The Labute approximate surface area is 64.4 Å². The van der Waals surface area contributed by atoms with E-state index in [1.54, 1.807) is 18.2 Å². The summed E-state index contributed by atoms with van der Waals surface area (Å²) < 4.78 is 0. The molecule has 0 saturated heterocycles. The molecule has 0 aliphatic carbocycles. The van der Waals surface area contributed by atoms with Crippen molar-refractivity contribution in [2.45, 2.75) is 0 Å². The van der Waals surface area contributed by atoms with Gasteiger partial charge in [-0.2, -0.15) is 0 Å². The van der Waals surface area contributed by atoms with Crippen LogP contribution in [0.15, 0.2) is 18.2 Å². The van der Waals surface area contributed by atoms with Crippen molar-refractivity contribution in [1.82, 2.24) is 0 Å². The van der Waals surface area contributed by atoms with Gasteiger partial charge in [-0.25, -0.2) is 0 Å². The molecular weight excluding hydrogens is 155 g/mol. The van der Waals surface area contributed by atoms with Crippen LogP contribution in [-0.4, -0.2) is 0 Å².